The van der Waals surface area contributed by atoms with Crippen LogP contribution in [0.15, 0.2) is 0 Å². The summed E-state index contributed by atoms with van der Waals surface area (Å²) in [6, 6.07) is 0. The van der Waals surface area contributed by atoms with E-state index in [4.69, 9.17) is 0 Å². The second kappa shape index (κ2) is 4.80. The van der Waals surface area contributed by atoms with Crippen LogP contribution in [0.2, 0.25) is 0 Å². The molecule has 72 valence electrons. The summed E-state index contributed by atoms with van der Waals surface area (Å²) >= 11 is 0. The van der Waals surface area contributed by atoms with Crippen molar-refractivity contribution in [1.29, 1.82) is 0 Å². The molecule has 1 rings (SSSR count). The van der Waals surface area contributed by atoms with Crippen molar-refractivity contribution < 1.29 is 0 Å². The lowest BCUT2D eigenvalue weighted by molar-refractivity contribution is 0.0258. The molecule has 0 atom stereocenters. The molecule has 1 fully saturated rings. The lowest BCUT2D eigenvalue weighted by Gasteiger charge is -2.27. The van der Waals surface area contributed by atoms with E-state index in [0.29, 0.717) is 0 Å². The highest BCUT2D eigenvalue weighted by Gasteiger charge is 2.09. The predicted octanol–water partition coefficient (Wildman–Crippen LogP) is 0.491. The largest absolute Gasteiger partial charge is 0.305 e. The molecule has 0 unspecified atom stereocenters. The Morgan fingerprint density at radius 3 is 2.00 bits per heavy atom. The predicted molar refractivity (Wildman–Crippen MR) is 52.0 cm³/mol. The first-order valence-electron chi connectivity index (χ1n) is 4.81. The fourth-order valence-electron chi connectivity index (χ4n) is 1.49. The monoisotopic (exact) mass is 171 g/mol. The van der Waals surface area contributed by atoms with E-state index in [1.165, 1.54) is 32.5 Å². The molecule has 0 aromatic carbocycles. The molecule has 1 heterocycles. The highest BCUT2D eigenvalue weighted by Crippen LogP contribution is 2.01. The molecule has 0 radical (unpaired) electrons. The van der Waals surface area contributed by atoms with Crippen molar-refractivity contribution in [1.82, 2.24) is 14.9 Å². The quantitative estimate of drug-likeness (QED) is 0.525. The zero-order valence-electron chi connectivity index (χ0n) is 8.58. The Morgan fingerprint density at radius 2 is 1.25 bits per heavy atom. The normalized spacial score (nSPS) is 26.2. The van der Waals surface area contributed by atoms with Gasteiger partial charge in [-0.2, -0.15) is 0 Å². The van der Waals surface area contributed by atoms with Gasteiger partial charge in [0.2, 0.25) is 0 Å². The number of nitrogens with zero attached hydrogens (tertiary/aromatic N) is 3. The maximum Gasteiger partial charge on any atom is 0.0257 e. The Balaban J connectivity index is 2.37. The molecule has 1 aliphatic heterocycles. The Labute approximate surface area is 75.9 Å². The molecule has 0 amide bonds. The molecule has 0 saturated carbocycles. The van der Waals surface area contributed by atoms with Crippen molar-refractivity contribution in [2.24, 2.45) is 0 Å². The Hall–Kier alpha value is -0.120. The Bertz CT molecular complexity index is 127. The van der Waals surface area contributed by atoms with Crippen LogP contribution in [0.5, 0.6) is 0 Å². The summed E-state index contributed by atoms with van der Waals surface area (Å²) in [6.07, 6.45) is 2.64. The molecular formula is C9H21N3. The molecule has 12 heavy (non-hydrogen) atoms. The molecular weight excluding hydrogens is 150 g/mol. The smallest absolute Gasteiger partial charge is 0.0257 e. The molecule has 3 nitrogen and oxygen atoms in total. The van der Waals surface area contributed by atoms with E-state index in [1.807, 2.05) is 0 Å². The second-order valence-electron chi connectivity index (χ2n) is 3.77. The Kier molecular flexibility index (Phi) is 3.98. The first kappa shape index (κ1) is 9.96. The maximum atomic E-state index is 2.41. The summed E-state index contributed by atoms with van der Waals surface area (Å²) in [5.41, 5.74) is 0. The third-order valence-corrected chi connectivity index (χ3v) is 2.66. The van der Waals surface area contributed by atoms with Gasteiger partial charge in [-0.25, -0.2) is 10.0 Å². The van der Waals surface area contributed by atoms with Gasteiger partial charge in [0, 0.05) is 33.7 Å². The summed E-state index contributed by atoms with van der Waals surface area (Å²) in [4.78, 5) is 2.41. The second-order valence-corrected chi connectivity index (χ2v) is 3.77. The molecule has 0 aliphatic carbocycles. The third kappa shape index (κ3) is 3.09. The van der Waals surface area contributed by atoms with Gasteiger partial charge in [0.05, 0.1) is 0 Å². The first-order valence-corrected chi connectivity index (χ1v) is 4.81. The SMILES string of the molecule is CN1CCCCN(C)N(C)CC1. The number of hydrogen-bond donors (Lipinski definition) is 0. The molecule has 1 aliphatic rings. The molecule has 1 saturated heterocycles. The zero-order chi connectivity index (χ0) is 8.97. The van der Waals surface area contributed by atoms with Crippen LogP contribution in [0, 0.1) is 0 Å². The van der Waals surface area contributed by atoms with E-state index < -0.39 is 0 Å². The van der Waals surface area contributed by atoms with Crippen LogP contribution in [-0.4, -0.2) is 62.2 Å². The average Bonchev–Trinajstić information content (AvgIpc) is 2.11. The van der Waals surface area contributed by atoms with E-state index in [9.17, 15) is 0 Å². The average molecular weight is 171 g/mol. The van der Waals surface area contributed by atoms with Gasteiger partial charge in [-0.3, -0.25) is 0 Å². The van der Waals surface area contributed by atoms with Crippen molar-refractivity contribution in [3.05, 3.63) is 0 Å². The fourth-order valence-corrected chi connectivity index (χ4v) is 1.49. The van der Waals surface area contributed by atoms with Crippen LogP contribution < -0.4 is 0 Å². The van der Waals surface area contributed by atoms with E-state index in [1.54, 1.807) is 0 Å². The Morgan fingerprint density at radius 1 is 0.667 bits per heavy atom. The van der Waals surface area contributed by atoms with E-state index in [0.717, 1.165) is 6.54 Å². The van der Waals surface area contributed by atoms with Gasteiger partial charge < -0.3 is 4.90 Å². The van der Waals surface area contributed by atoms with Crippen molar-refractivity contribution in [3.8, 4) is 0 Å². The number of rotatable bonds is 0. The first-order chi connectivity index (χ1) is 5.70. The van der Waals surface area contributed by atoms with Crippen LogP contribution >= 0.6 is 0 Å². The standard InChI is InChI=1S/C9H21N3/c1-10-6-4-5-7-11(2)12(3)9-8-10/h4-9H2,1-3H3. The van der Waals surface area contributed by atoms with Crippen LogP contribution in [0.25, 0.3) is 0 Å². The molecule has 0 aromatic rings. The minimum Gasteiger partial charge on any atom is -0.305 e. The van der Waals surface area contributed by atoms with Crippen molar-refractivity contribution in [2.75, 3.05) is 47.3 Å². The van der Waals surface area contributed by atoms with Gasteiger partial charge in [0.1, 0.15) is 0 Å². The molecule has 0 N–H and O–H groups in total. The van der Waals surface area contributed by atoms with Crippen molar-refractivity contribution in [3.63, 3.8) is 0 Å². The van der Waals surface area contributed by atoms with Crippen molar-refractivity contribution >= 4 is 0 Å². The highest BCUT2D eigenvalue weighted by molar-refractivity contribution is 4.60. The van der Waals surface area contributed by atoms with E-state index >= 15 is 0 Å². The van der Waals surface area contributed by atoms with Crippen LogP contribution in [-0.2, 0) is 0 Å². The van der Waals surface area contributed by atoms with Gasteiger partial charge in [-0.05, 0) is 26.4 Å². The fraction of sp³-hybridized carbons (Fsp3) is 1.00. The molecule has 3 heteroatoms. The van der Waals surface area contributed by atoms with E-state index in [2.05, 4.69) is 36.1 Å². The number of hydrazine groups is 1. The number of hydrogen-bond acceptors (Lipinski definition) is 3. The van der Waals surface area contributed by atoms with Gasteiger partial charge in [0.25, 0.3) is 0 Å². The van der Waals surface area contributed by atoms with Crippen molar-refractivity contribution in [2.45, 2.75) is 12.8 Å². The maximum absolute atomic E-state index is 2.41. The lowest BCUT2D eigenvalue weighted by Crippen LogP contribution is -2.40. The van der Waals surface area contributed by atoms with Gasteiger partial charge in [0.15, 0.2) is 0 Å². The lowest BCUT2D eigenvalue weighted by atomic mass is 10.3. The minimum absolute atomic E-state index is 1.15. The minimum atomic E-state index is 1.15. The summed E-state index contributed by atoms with van der Waals surface area (Å²) < 4.78 is 0. The number of likely N-dealkylation sites (N-methyl/N-ethyl adjacent to an activating group) is 2. The van der Waals surface area contributed by atoms with Gasteiger partial charge >= 0.3 is 0 Å². The zero-order valence-corrected chi connectivity index (χ0v) is 8.58. The van der Waals surface area contributed by atoms with E-state index in [-0.39, 0.29) is 0 Å². The third-order valence-electron chi connectivity index (χ3n) is 2.66. The summed E-state index contributed by atoms with van der Waals surface area (Å²) in [6.45, 7) is 4.78. The van der Waals surface area contributed by atoms with Crippen LogP contribution in [0.3, 0.4) is 0 Å². The topological polar surface area (TPSA) is 9.72 Å². The summed E-state index contributed by atoms with van der Waals surface area (Å²) in [5.74, 6) is 0. The highest BCUT2D eigenvalue weighted by atomic mass is 15.6. The van der Waals surface area contributed by atoms with Crippen LogP contribution in [0.1, 0.15) is 12.8 Å². The summed E-state index contributed by atoms with van der Waals surface area (Å²) in [5, 5.41) is 4.63. The molecule has 0 bridgehead atoms. The molecule has 0 aromatic heterocycles. The van der Waals surface area contributed by atoms with Crippen LogP contribution in [0.4, 0.5) is 0 Å². The summed E-state index contributed by atoms with van der Waals surface area (Å²) in [7, 11) is 6.55. The van der Waals surface area contributed by atoms with Gasteiger partial charge in [-0.1, -0.05) is 0 Å². The molecule has 0 spiro atoms. The van der Waals surface area contributed by atoms with Gasteiger partial charge in [-0.15, -0.1) is 0 Å².